The fourth-order valence-electron chi connectivity index (χ4n) is 5.51. The van der Waals surface area contributed by atoms with Gasteiger partial charge in [0.1, 0.15) is 17.3 Å². The summed E-state index contributed by atoms with van der Waals surface area (Å²) >= 11 is 0. The van der Waals surface area contributed by atoms with Crippen LogP contribution < -0.4 is 5.73 Å². The normalized spacial score (nSPS) is 28.3. The minimum absolute atomic E-state index is 0.0768. The van der Waals surface area contributed by atoms with Crippen LogP contribution in [0, 0.1) is 0 Å². The first kappa shape index (κ1) is 25.2. The second-order valence-electron chi connectivity index (χ2n) is 9.73. The van der Waals surface area contributed by atoms with E-state index in [2.05, 4.69) is 6.58 Å². The van der Waals surface area contributed by atoms with E-state index in [-0.39, 0.29) is 59.3 Å². The Hall–Kier alpha value is -3.50. The van der Waals surface area contributed by atoms with E-state index in [1.165, 1.54) is 18.2 Å². The lowest BCUT2D eigenvalue weighted by molar-refractivity contribution is -0.206. The number of carbonyl (C=O) groups is 2. The maximum Gasteiger partial charge on any atom is 0.201 e. The number of carbonyl (C=O) groups excluding carboxylic acids is 2. The third-order valence-corrected chi connectivity index (χ3v) is 7.46. The number of ketones is 2. The van der Waals surface area contributed by atoms with Crippen LogP contribution in [-0.4, -0.2) is 63.1 Å². The second kappa shape index (κ2) is 9.11. The van der Waals surface area contributed by atoms with Crippen molar-refractivity contribution < 1.29 is 39.5 Å². The smallest absolute Gasteiger partial charge is 0.201 e. The molecule has 0 amide bonds. The molecule has 6 N–H and O–H groups in total. The number of allylic oxidation sites excluding steroid dienone is 3. The van der Waals surface area contributed by atoms with E-state index in [1.54, 1.807) is 25.1 Å². The van der Waals surface area contributed by atoms with Crippen LogP contribution in [0.1, 0.15) is 62.7 Å². The maximum absolute atomic E-state index is 13.5. The Kier molecular flexibility index (Phi) is 6.19. The molecule has 194 valence electrons. The predicted octanol–water partition coefficient (Wildman–Crippen LogP) is 1.96. The molecule has 1 aliphatic heterocycles. The Balaban J connectivity index is 1.61. The number of fused-ring (bicyclic) bond motifs is 2. The van der Waals surface area contributed by atoms with Crippen LogP contribution in [0.25, 0.3) is 0 Å². The van der Waals surface area contributed by atoms with Crippen LogP contribution in [0.15, 0.2) is 48.8 Å². The molecule has 5 unspecified atom stereocenters. The molecule has 0 saturated carbocycles. The van der Waals surface area contributed by atoms with Crippen molar-refractivity contribution in [1.29, 1.82) is 0 Å². The van der Waals surface area contributed by atoms with Crippen molar-refractivity contribution in [2.24, 2.45) is 5.73 Å². The molecule has 2 aromatic carbocycles. The van der Waals surface area contributed by atoms with Crippen molar-refractivity contribution >= 4 is 11.6 Å². The standard InChI is InChI=1S/C28H29NO8/c1-3-6-16-22(28(9-10-30)12-18(28)37-19-11-17(29)23(31)13(2)36-19)27(35)21-20(26(16)34)24(32)14-7-4-5-8-15(14)25(21)33/h3-5,7-8,12-13,17,19,23,30-31,34-35H,1,6,9-11,29H2,2H3. The first-order valence-corrected chi connectivity index (χ1v) is 12.2. The van der Waals surface area contributed by atoms with Crippen LogP contribution in [0.5, 0.6) is 11.5 Å². The third kappa shape index (κ3) is 3.77. The van der Waals surface area contributed by atoms with Gasteiger partial charge in [-0.15, -0.1) is 6.58 Å². The number of aromatic hydroxyl groups is 2. The highest BCUT2D eigenvalue weighted by Crippen LogP contribution is 2.58. The van der Waals surface area contributed by atoms with Crippen molar-refractivity contribution in [3.8, 4) is 11.5 Å². The summed E-state index contributed by atoms with van der Waals surface area (Å²) in [4.78, 5) is 26.8. The number of aliphatic hydroxyl groups excluding tert-OH is 2. The highest BCUT2D eigenvalue weighted by Gasteiger charge is 2.54. The number of hydrogen-bond donors (Lipinski definition) is 5. The molecular formula is C28H29NO8. The van der Waals surface area contributed by atoms with Crippen molar-refractivity contribution in [1.82, 2.24) is 0 Å². The number of rotatable bonds is 7. The molecular weight excluding hydrogens is 478 g/mol. The fourth-order valence-corrected chi connectivity index (χ4v) is 5.51. The Labute approximate surface area is 213 Å². The summed E-state index contributed by atoms with van der Waals surface area (Å²) in [5.41, 5.74) is 4.98. The first-order chi connectivity index (χ1) is 17.7. The summed E-state index contributed by atoms with van der Waals surface area (Å²) in [5, 5.41) is 42.9. The SMILES string of the molecule is C=CCc1c(O)c2c(c(O)c1C1(CCO)C=C1OC1CC(N)C(O)C(C)O1)C(=O)c1ccccc1C2=O. The minimum Gasteiger partial charge on any atom is -0.507 e. The number of hydrogen-bond acceptors (Lipinski definition) is 9. The summed E-state index contributed by atoms with van der Waals surface area (Å²) in [7, 11) is 0. The number of benzene rings is 2. The quantitative estimate of drug-likeness (QED) is 0.238. The molecule has 5 rings (SSSR count). The highest BCUT2D eigenvalue weighted by atomic mass is 16.7. The van der Waals surface area contributed by atoms with E-state index < -0.39 is 53.0 Å². The Morgan fingerprint density at radius 2 is 1.78 bits per heavy atom. The van der Waals surface area contributed by atoms with Gasteiger partial charge in [0.15, 0.2) is 11.6 Å². The van der Waals surface area contributed by atoms with Crippen molar-refractivity contribution in [2.45, 2.75) is 56.1 Å². The van der Waals surface area contributed by atoms with Gasteiger partial charge in [-0.1, -0.05) is 30.3 Å². The van der Waals surface area contributed by atoms with Gasteiger partial charge in [0.2, 0.25) is 6.29 Å². The van der Waals surface area contributed by atoms with Crippen molar-refractivity contribution in [3.63, 3.8) is 0 Å². The Morgan fingerprint density at radius 1 is 1.16 bits per heavy atom. The van der Waals surface area contributed by atoms with Gasteiger partial charge in [0.05, 0.1) is 28.7 Å². The largest absolute Gasteiger partial charge is 0.507 e. The van der Waals surface area contributed by atoms with Gasteiger partial charge in [-0.3, -0.25) is 9.59 Å². The topological polar surface area (TPSA) is 160 Å². The molecule has 0 aromatic heterocycles. The van der Waals surface area contributed by atoms with Crippen LogP contribution in [0.4, 0.5) is 0 Å². The summed E-state index contributed by atoms with van der Waals surface area (Å²) in [6, 6.07) is 5.68. The zero-order valence-corrected chi connectivity index (χ0v) is 20.3. The second-order valence-corrected chi connectivity index (χ2v) is 9.73. The van der Waals surface area contributed by atoms with E-state index in [4.69, 9.17) is 15.2 Å². The lowest BCUT2D eigenvalue weighted by Crippen LogP contribution is -2.51. The molecule has 3 aliphatic rings. The maximum atomic E-state index is 13.5. The average Bonchev–Trinajstić information content (AvgIpc) is 3.55. The number of nitrogens with two attached hydrogens (primary N) is 1. The predicted molar refractivity (Wildman–Crippen MR) is 132 cm³/mol. The van der Waals surface area contributed by atoms with E-state index >= 15 is 0 Å². The zero-order valence-electron chi connectivity index (χ0n) is 20.3. The molecule has 0 radical (unpaired) electrons. The fraction of sp³-hybridized carbons (Fsp3) is 0.357. The minimum atomic E-state index is -1.16. The summed E-state index contributed by atoms with van der Waals surface area (Å²) in [6.07, 6.45) is 1.35. The Morgan fingerprint density at radius 3 is 2.35 bits per heavy atom. The van der Waals surface area contributed by atoms with Gasteiger partial charge in [-0.25, -0.2) is 0 Å². The van der Waals surface area contributed by atoms with E-state index in [9.17, 15) is 30.0 Å². The highest BCUT2D eigenvalue weighted by molar-refractivity contribution is 6.30. The lowest BCUT2D eigenvalue weighted by atomic mass is 9.75. The van der Waals surface area contributed by atoms with E-state index in [0.29, 0.717) is 5.76 Å². The molecule has 37 heavy (non-hydrogen) atoms. The van der Waals surface area contributed by atoms with Crippen molar-refractivity contribution in [3.05, 3.63) is 82.1 Å². The van der Waals surface area contributed by atoms with Gasteiger partial charge < -0.3 is 35.6 Å². The van der Waals surface area contributed by atoms with Crippen LogP contribution in [-0.2, 0) is 21.3 Å². The van der Waals surface area contributed by atoms with Gasteiger partial charge in [-0.2, -0.15) is 0 Å². The number of ether oxygens (including phenoxy) is 2. The summed E-state index contributed by atoms with van der Waals surface area (Å²) in [5.74, 6) is -1.66. The molecule has 0 spiro atoms. The van der Waals surface area contributed by atoms with Gasteiger partial charge in [0, 0.05) is 41.3 Å². The van der Waals surface area contributed by atoms with Crippen LogP contribution in [0.2, 0.25) is 0 Å². The third-order valence-electron chi connectivity index (χ3n) is 7.46. The molecule has 2 aliphatic carbocycles. The average molecular weight is 508 g/mol. The van der Waals surface area contributed by atoms with Crippen molar-refractivity contribution in [2.75, 3.05) is 6.61 Å². The molecule has 9 heteroatoms. The molecule has 1 heterocycles. The summed E-state index contributed by atoms with van der Waals surface area (Å²) < 4.78 is 11.8. The summed E-state index contributed by atoms with van der Waals surface area (Å²) in [6.45, 7) is 5.11. The molecule has 9 nitrogen and oxygen atoms in total. The van der Waals surface area contributed by atoms with Gasteiger partial charge in [0.25, 0.3) is 0 Å². The van der Waals surface area contributed by atoms with Crippen LogP contribution in [0.3, 0.4) is 0 Å². The number of phenols is 2. The molecule has 5 atom stereocenters. The lowest BCUT2D eigenvalue weighted by Gasteiger charge is -2.36. The molecule has 1 fully saturated rings. The van der Waals surface area contributed by atoms with E-state index in [0.717, 1.165) is 0 Å². The zero-order chi connectivity index (χ0) is 26.6. The first-order valence-electron chi connectivity index (χ1n) is 12.2. The Bertz CT molecular complexity index is 1340. The molecule has 1 saturated heterocycles. The number of phenolic OH excluding ortho intramolecular Hbond substituents is 2. The van der Waals surface area contributed by atoms with E-state index in [1.807, 2.05) is 0 Å². The van der Waals surface area contributed by atoms with Gasteiger partial charge in [-0.05, 0) is 25.8 Å². The van der Waals surface area contributed by atoms with Crippen LogP contribution >= 0.6 is 0 Å². The van der Waals surface area contributed by atoms with Gasteiger partial charge >= 0.3 is 0 Å². The molecule has 0 bridgehead atoms. The monoisotopic (exact) mass is 507 g/mol. The number of aliphatic hydroxyl groups is 2. The molecule has 2 aromatic rings.